The smallest absolute Gasteiger partial charge is 0.0622 e. The summed E-state index contributed by atoms with van der Waals surface area (Å²) in [6.45, 7) is 14.5. The fourth-order valence-corrected chi connectivity index (χ4v) is 11.7. The average molecular weight is 947 g/mol. The molecule has 314 valence electrons. The van der Waals surface area contributed by atoms with E-state index in [0.29, 0.717) is 6.67 Å². The molecule has 1 aliphatic rings. The average Bonchev–Trinajstić information content (AvgIpc) is 4.03. The summed E-state index contributed by atoms with van der Waals surface area (Å²) < 4.78 is 12.8. The SMILES string of the molecule is CC(C)(C)c1cc(-c2ccccc2)c(N2CN(c3cccc(Oc4ccc5c6ccccc6n(-c6cc(C(C)(C)C)c7cc[te]c7n6)c5c4)c3)c3ccccc32)c(-c2ccccc2)c1. The van der Waals surface area contributed by atoms with Crippen LogP contribution in [-0.2, 0) is 10.8 Å². The molecular weight excluding hydrogens is 896 g/mol. The van der Waals surface area contributed by atoms with Gasteiger partial charge in [-0.3, -0.25) is 0 Å². The minimum atomic E-state index is -0.478. The number of rotatable bonds is 7. The molecule has 0 radical (unpaired) electrons. The Bertz CT molecular complexity index is 3310. The first kappa shape index (κ1) is 40.2. The van der Waals surface area contributed by atoms with Crippen LogP contribution in [0, 0.1) is 0 Å². The van der Waals surface area contributed by atoms with Crippen molar-refractivity contribution in [1.82, 2.24) is 9.55 Å². The molecule has 0 N–H and O–H groups in total. The third-order valence-electron chi connectivity index (χ3n) is 12.6. The van der Waals surface area contributed by atoms with Crippen molar-refractivity contribution in [2.24, 2.45) is 0 Å². The quantitative estimate of drug-likeness (QED) is 0.149. The summed E-state index contributed by atoms with van der Waals surface area (Å²) >= 11 is -0.478. The van der Waals surface area contributed by atoms with Crippen molar-refractivity contribution >= 4 is 73.9 Å². The molecule has 0 saturated heterocycles. The van der Waals surface area contributed by atoms with Crippen molar-refractivity contribution in [3.05, 3.63) is 191 Å². The molecule has 3 aromatic heterocycles. The molecule has 10 aromatic rings. The summed E-state index contributed by atoms with van der Waals surface area (Å²) in [5.41, 5.74) is 14.2. The van der Waals surface area contributed by atoms with Gasteiger partial charge in [-0.2, -0.15) is 0 Å². The molecular formula is C58H50N4OTe. The molecule has 6 heteroatoms. The van der Waals surface area contributed by atoms with Gasteiger partial charge in [-0.1, -0.05) is 93.6 Å². The van der Waals surface area contributed by atoms with E-state index in [9.17, 15) is 0 Å². The van der Waals surface area contributed by atoms with Crippen LogP contribution >= 0.6 is 0 Å². The van der Waals surface area contributed by atoms with Crippen molar-refractivity contribution in [2.75, 3.05) is 16.5 Å². The zero-order chi connectivity index (χ0) is 43.7. The fraction of sp³-hybridized carbons (Fsp3) is 0.155. The van der Waals surface area contributed by atoms with E-state index in [-0.39, 0.29) is 10.8 Å². The van der Waals surface area contributed by atoms with Gasteiger partial charge in [0.05, 0.1) is 17.1 Å². The molecule has 11 rings (SSSR count). The van der Waals surface area contributed by atoms with Crippen molar-refractivity contribution in [2.45, 2.75) is 52.4 Å². The fourth-order valence-electron chi connectivity index (χ4n) is 9.44. The second-order valence-electron chi connectivity index (χ2n) is 18.9. The molecule has 0 spiro atoms. The molecule has 5 nitrogen and oxygen atoms in total. The van der Waals surface area contributed by atoms with Gasteiger partial charge in [0.1, 0.15) is 6.67 Å². The van der Waals surface area contributed by atoms with Crippen LogP contribution in [0.15, 0.2) is 180 Å². The van der Waals surface area contributed by atoms with Crippen molar-refractivity contribution in [3.63, 3.8) is 0 Å². The van der Waals surface area contributed by atoms with E-state index < -0.39 is 20.4 Å². The Morgan fingerprint density at radius 1 is 0.516 bits per heavy atom. The van der Waals surface area contributed by atoms with Gasteiger partial charge in [-0.05, 0) is 46.4 Å². The minimum absolute atomic E-state index is 0.0143. The van der Waals surface area contributed by atoms with Crippen LogP contribution in [0.1, 0.15) is 52.7 Å². The summed E-state index contributed by atoms with van der Waals surface area (Å²) in [5.74, 6) is 2.53. The van der Waals surface area contributed by atoms with Gasteiger partial charge in [0, 0.05) is 11.1 Å². The largest absolute Gasteiger partial charge is 0.0668 e. The summed E-state index contributed by atoms with van der Waals surface area (Å²) in [5, 5.41) is 3.70. The molecule has 64 heavy (non-hydrogen) atoms. The molecule has 0 amide bonds. The number of para-hydroxylation sites is 3. The number of ether oxygens (including phenoxy) is 1. The third-order valence-corrected chi connectivity index (χ3v) is 14.9. The Labute approximate surface area is 385 Å². The van der Waals surface area contributed by atoms with Crippen LogP contribution in [-0.4, -0.2) is 36.7 Å². The van der Waals surface area contributed by atoms with Crippen LogP contribution in [0.2, 0.25) is 0 Å². The zero-order valence-corrected chi connectivity index (χ0v) is 39.5. The maximum atomic E-state index is 6.85. The summed E-state index contributed by atoms with van der Waals surface area (Å²) in [6.07, 6.45) is 0. The van der Waals surface area contributed by atoms with Gasteiger partial charge in [0.15, 0.2) is 0 Å². The Balaban J connectivity index is 0.998. The first-order chi connectivity index (χ1) is 31.0. The predicted molar refractivity (Wildman–Crippen MR) is 270 cm³/mol. The van der Waals surface area contributed by atoms with Gasteiger partial charge in [0.25, 0.3) is 0 Å². The Hall–Kier alpha value is -6.58. The number of nitrogens with zero attached hydrogens (tertiary/aromatic N) is 4. The first-order valence-corrected chi connectivity index (χ1v) is 24.6. The van der Waals surface area contributed by atoms with E-state index >= 15 is 0 Å². The summed E-state index contributed by atoms with van der Waals surface area (Å²) in [6, 6.07) is 63.6. The van der Waals surface area contributed by atoms with Gasteiger partial charge in [-0.15, -0.1) is 0 Å². The molecule has 0 saturated carbocycles. The standard InChI is InChI=1S/C58H50N4OTe/c1-57(2,3)40-32-47(38-18-9-7-10-19-38)55(48(33-40)39-20-11-8-12-21-39)61-37-60(51-26-15-16-27-52(51)61)41-22-17-23-42(34-41)63-43-28-29-45-44-24-13-14-25-50(44)62(53(45)35-43)54-36-49(58(4,5)6)46-30-31-64-56(46)59-54/h7-36H,37H2,1-6H3. The normalized spacial score (nSPS) is 13.0. The van der Waals surface area contributed by atoms with Gasteiger partial charge < -0.3 is 4.90 Å². The van der Waals surface area contributed by atoms with Crippen molar-refractivity contribution in [3.8, 4) is 39.6 Å². The van der Waals surface area contributed by atoms with Gasteiger partial charge >= 0.3 is 208 Å². The summed E-state index contributed by atoms with van der Waals surface area (Å²) in [7, 11) is 0. The number of fused-ring (bicyclic) bond motifs is 5. The first-order valence-electron chi connectivity index (χ1n) is 22.1. The summed E-state index contributed by atoms with van der Waals surface area (Å²) in [4.78, 5) is 10.3. The molecule has 0 unspecified atom stereocenters. The second kappa shape index (κ2) is 15.6. The Morgan fingerprint density at radius 2 is 1.14 bits per heavy atom. The van der Waals surface area contributed by atoms with E-state index in [4.69, 9.17) is 9.72 Å². The molecule has 4 heterocycles. The third kappa shape index (κ3) is 7.06. The minimum Gasteiger partial charge on any atom is -0.0622 e. The van der Waals surface area contributed by atoms with Crippen LogP contribution in [0.3, 0.4) is 0 Å². The molecule has 1 aliphatic heterocycles. The van der Waals surface area contributed by atoms with E-state index in [1.54, 1.807) is 0 Å². The van der Waals surface area contributed by atoms with E-state index in [1.807, 2.05) is 0 Å². The van der Waals surface area contributed by atoms with Crippen LogP contribution in [0.25, 0.3) is 58.8 Å². The van der Waals surface area contributed by atoms with Crippen LogP contribution in [0.4, 0.5) is 22.7 Å². The van der Waals surface area contributed by atoms with Crippen molar-refractivity contribution < 1.29 is 4.74 Å². The van der Waals surface area contributed by atoms with E-state index in [0.717, 1.165) is 45.4 Å². The molecule has 0 aliphatic carbocycles. The Morgan fingerprint density at radius 3 is 1.83 bits per heavy atom. The van der Waals surface area contributed by atoms with Crippen LogP contribution < -0.4 is 14.5 Å². The molecule has 0 bridgehead atoms. The van der Waals surface area contributed by atoms with Gasteiger partial charge in [-0.25, -0.2) is 0 Å². The zero-order valence-electron chi connectivity index (χ0n) is 37.1. The molecule has 7 aromatic carbocycles. The monoisotopic (exact) mass is 948 g/mol. The number of aromatic nitrogens is 2. The van der Waals surface area contributed by atoms with Crippen molar-refractivity contribution in [1.29, 1.82) is 0 Å². The maximum Gasteiger partial charge on any atom is 0.0668 e. The molecule has 0 fully saturated rings. The van der Waals surface area contributed by atoms with E-state index in [1.165, 1.54) is 58.8 Å². The topological polar surface area (TPSA) is 33.5 Å². The van der Waals surface area contributed by atoms with Gasteiger partial charge in [0.2, 0.25) is 0 Å². The maximum absolute atomic E-state index is 6.85. The number of benzene rings is 7. The van der Waals surface area contributed by atoms with Crippen LogP contribution in [0.5, 0.6) is 11.5 Å². The van der Waals surface area contributed by atoms with E-state index in [2.05, 4.69) is 236 Å². The number of hydrogen-bond donors (Lipinski definition) is 0. The second-order valence-corrected chi connectivity index (χ2v) is 21.5. The number of anilines is 4. The molecule has 0 atom stereocenters. The predicted octanol–water partition coefficient (Wildman–Crippen LogP) is 15.4. The Kier molecular flexibility index (Phi) is 9.80. The number of hydrogen-bond acceptors (Lipinski definition) is 4. The number of pyridine rings is 1.